The molecule has 0 saturated heterocycles. The van der Waals surface area contributed by atoms with E-state index in [0.29, 0.717) is 12.1 Å². The number of hydrogen-bond acceptors (Lipinski definition) is 2. The average Bonchev–Trinajstić information content (AvgIpc) is 2.81. The molecule has 1 aliphatic heterocycles. The highest BCUT2D eigenvalue weighted by Gasteiger charge is 2.34. The van der Waals surface area contributed by atoms with E-state index in [1.54, 1.807) is 12.1 Å². The molecule has 0 aliphatic carbocycles. The maximum atomic E-state index is 12.5. The van der Waals surface area contributed by atoms with Crippen molar-refractivity contribution in [1.29, 1.82) is 0 Å². The number of rotatable bonds is 2. The van der Waals surface area contributed by atoms with Crippen LogP contribution in [0.4, 0.5) is 13.2 Å². The molecule has 1 atom stereocenters. The van der Waals surface area contributed by atoms with Gasteiger partial charge in [-0.25, -0.2) is 0 Å². The fourth-order valence-corrected chi connectivity index (χ4v) is 2.51. The third-order valence-electron chi connectivity index (χ3n) is 3.32. The summed E-state index contributed by atoms with van der Waals surface area (Å²) in [4.78, 5) is 0. The number of fused-ring (bicyclic) bond motifs is 1. The van der Waals surface area contributed by atoms with Crippen LogP contribution in [0.15, 0.2) is 48.5 Å². The topological polar surface area (TPSA) is 21.3 Å². The molecule has 0 spiro atoms. The number of alkyl halides is 3. The van der Waals surface area contributed by atoms with Gasteiger partial charge in [0.1, 0.15) is 5.75 Å². The van der Waals surface area contributed by atoms with Gasteiger partial charge in [-0.2, -0.15) is 0 Å². The largest absolute Gasteiger partial charge is 0.573 e. The third-order valence-corrected chi connectivity index (χ3v) is 3.32. The van der Waals surface area contributed by atoms with Crippen molar-refractivity contribution in [3.8, 4) is 5.75 Å². The SMILES string of the molecule is FC(F)(F)Oc1ccccc1C1NCc2ccccc21. The van der Waals surface area contributed by atoms with Crippen molar-refractivity contribution in [3.63, 3.8) is 0 Å². The van der Waals surface area contributed by atoms with Crippen LogP contribution >= 0.6 is 0 Å². The Balaban J connectivity index is 2.00. The molecule has 2 nitrogen and oxygen atoms in total. The van der Waals surface area contributed by atoms with E-state index in [1.165, 1.54) is 12.1 Å². The molecule has 0 bridgehead atoms. The highest BCUT2D eigenvalue weighted by Crippen LogP contribution is 2.37. The number of hydrogen-bond donors (Lipinski definition) is 1. The molecule has 1 heterocycles. The van der Waals surface area contributed by atoms with Gasteiger partial charge in [-0.05, 0) is 17.2 Å². The lowest BCUT2D eigenvalue weighted by Gasteiger charge is -2.18. The Labute approximate surface area is 114 Å². The molecule has 1 aliphatic rings. The van der Waals surface area contributed by atoms with Gasteiger partial charge in [0.2, 0.25) is 0 Å². The van der Waals surface area contributed by atoms with Crippen LogP contribution in [0.2, 0.25) is 0 Å². The minimum atomic E-state index is -4.69. The zero-order valence-electron chi connectivity index (χ0n) is 10.4. The van der Waals surface area contributed by atoms with Crippen LogP contribution in [-0.4, -0.2) is 6.36 Å². The van der Waals surface area contributed by atoms with E-state index in [0.717, 1.165) is 11.1 Å². The summed E-state index contributed by atoms with van der Waals surface area (Å²) >= 11 is 0. The van der Waals surface area contributed by atoms with E-state index in [9.17, 15) is 13.2 Å². The first kappa shape index (κ1) is 13.0. The smallest absolute Gasteiger partial charge is 0.405 e. The zero-order valence-corrected chi connectivity index (χ0v) is 10.4. The molecular weight excluding hydrogens is 267 g/mol. The van der Waals surface area contributed by atoms with Crippen LogP contribution in [0.5, 0.6) is 5.75 Å². The van der Waals surface area contributed by atoms with Gasteiger partial charge in [0.15, 0.2) is 0 Å². The molecule has 2 aromatic rings. The van der Waals surface area contributed by atoms with Gasteiger partial charge in [-0.1, -0.05) is 42.5 Å². The summed E-state index contributed by atoms with van der Waals surface area (Å²) in [6, 6.07) is 13.6. The molecule has 104 valence electrons. The lowest BCUT2D eigenvalue weighted by atomic mass is 9.98. The van der Waals surface area contributed by atoms with Crippen LogP contribution in [0, 0.1) is 0 Å². The number of ether oxygens (including phenoxy) is 1. The normalized spacial score (nSPS) is 17.9. The Kier molecular flexibility index (Phi) is 3.14. The summed E-state index contributed by atoms with van der Waals surface area (Å²) < 4.78 is 41.5. The van der Waals surface area contributed by atoms with E-state index in [2.05, 4.69) is 10.1 Å². The second-order valence-electron chi connectivity index (χ2n) is 4.60. The Hall–Kier alpha value is -2.01. The first-order valence-corrected chi connectivity index (χ1v) is 6.20. The summed E-state index contributed by atoms with van der Waals surface area (Å²) in [5.41, 5.74) is 2.58. The van der Waals surface area contributed by atoms with Crippen LogP contribution in [-0.2, 0) is 6.54 Å². The Morgan fingerprint density at radius 1 is 0.950 bits per heavy atom. The van der Waals surface area contributed by atoms with Gasteiger partial charge < -0.3 is 10.1 Å². The Morgan fingerprint density at radius 3 is 2.35 bits per heavy atom. The van der Waals surface area contributed by atoms with Gasteiger partial charge in [-0.3, -0.25) is 0 Å². The monoisotopic (exact) mass is 279 g/mol. The lowest BCUT2D eigenvalue weighted by Crippen LogP contribution is -2.20. The number of nitrogens with one attached hydrogen (secondary N) is 1. The van der Waals surface area contributed by atoms with E-state index in [-0.39, 0.29) is 11.8 Å². The van der Waals surface area contributed by atoms with Crippen molar-refractivity contribution in [2.45, 2.75) is 18.9 Å². The molecule has 0 aromatic heterocycles. The van der Waals surface area contributed by atoms with Crippen molar-refractivity contribution < 1.29 is 17.9 Å². The summed E-state index contributed by atoms with van der Waals surface area (Å²) in [7, 11) is 0. The minimum absolute atomic E-state index is 0.158. The van der Waals surface area contributed by atoms with Gasteiger partial charge in [0.05, 0.1) is 6.04 Å². The lowest BCUT2D eigenvalue weighted by molar-refractivity contribution is -0.275. The fourth-order valence-electron chi connectivity index (χ4n) is 2.51. The van der Waals surface area contributed by atoms with E-state index in [1.807, 2.05) is 24.3 Å². The maximum Gasteiger partial charge on any atom is 0.573 e. The van der Waals surface area contributed by atoms with Crippen molar-refractivity contribution in [2.75, 3.05) is 0 Å². The van der Waals surface area contributed by atoms with Crippen molar-refractivity contribution in [2.24, 2.45) is 0 Å². The summed E-state index contributed by atoms with van der Waals surface area (Å²) in [5, 5.41) is 3.22. The first-order valence-electron chi connectivity index (χ1n) is 6.20. The minimum Gasteiger partial charge on any atom is -0.405 e. The first-order chi connectivity index (χ1) is 9.54. The third kappa shape index (κ3) is 2.49. The molecule has 20 heavy (non-hydrogen) atoms. The van der Waals surface area contributed by atoms with Crippen LogP contribution < -0.4 is 10.1 Å². The number of halogens is 3. The predicted octanol–water partition coefficient (Wildman–Crippen LogP) is 3.78. The molecule has 5 heteroatoms. The molecule has 3 rings (SSSR count). The zero-order chi connectivity index (χ0) is 14.2. The van der Waals surface area contributed by atoms with E-state index >= 15 is 0 Å². The highest BCUT2D eigenvalue weighted by molar-refractivity contribution is 5.46. The fraction of sp³-hybridized carbons (Fsp3) is 0.200. The molecule has 0 radical (unpaired) electrons. The van der Waals surface area contributed by atoms with Crippen molar-refractivity contribution in [1.82, 2.24) is 5.32 Å². The van der Waals surface area contributed by atoms with Crippen LogP contribution in [0.1, 0.15) is 22.7 Å². The van der Waals surface area contributed by atoms with Crippen molar-refractivity contribution >= 4 is 0 Å². The molecule has 0 fully saturated rings. The molecule has 0 amide bonds. The molecule has 2 aromatic carbocycles. The second kappa shape index (κ2) is 4.83. The van der Waals surface area contributed by atoms with Gasteiger partial charge >= 0.3 is 6.36 Å². The molecule has 1 N–H and O–H groups in total. The van der Waals surface area contributed by atoms with Gasteiger partial charge in [0, 0.05) is 12.1 Å². The molecule has 0 saturated carbocycles. The molecule has 1 unspecified atom stereocenters. The van der Waals surface area contributed by atoms with Crippen molar-refractivity contribution in [3.05, 3.63) is 65.2 Å². The van der Waals surface area contributed by atoms with Gasteiger partial charge in [0.25, 0.3) is 0 Å². The standard InChI is InChI=1S/C15H12F3NO/c16-15(17,18)20-13-8-4-3-7-12(13)14-11-6-2-1-5-10(11)9-19-14/h1-8,14,19H,9H2. The van der Waals surface area contributed by atoms with Crippen LogP contribution in [0.25, 0.3) is 0 Å². The average molecular weight is 279 g/mol. The second-order valence-corrected chi connectivity index (χ2v) is 4.60. The summed E-state index contributed by atoms with van der Waals surface area (Å²) in [6.07, 6.45) is -4.69. The van der Waals surface area contributed by atoms with E-state index < -0.39 is 6.36 Å². The predicted molar refractivity (Wildman–Crippen MR) is 68.2 cm³/mol. The van der Waals surface area contributed by atoms with Crippen LogP contribution in [0.3, 0.4) is 0 Å². The highest BCUT2D eigenvalue weighted by atomic mass is 19.4. The quantitative estimate of drug-likeness (QED) is 0.903. The summed E-state index contributed by atoms with van der Waals surface area (Å²) in [6.45, 7) is 0.640. The number of para-hydroxylation sites is 1. The Bertz CT molecular complexity index is 625. The molecular formula is C15H12F3NO. The number of benzene rings is 2. The van der Waals surface area contributed by atoms with Gasteiger partial charge in [-0.15, -0.1) is 13.2 Å². The summed E-state index contributed by atoms with van der Waals surface area (Å²) in [5.74, 6) is -0.158. The van der Waals surface area contributed by atoms with E-state index in [4.69, 9.17) is 0 Å². The Morgan fingerprint density at radius 2 is 1.60 bits per heavy atom. The maximum absolute atomic E-state index is 12.5.